The number of aliphatic hydroxyl groups is 10. The number of aliphatic hydroxyl groups excluding tert-OH is 10. The third kappa shape index (κ3) is 25.0. The number of nitrogens with zero attached hydrogens (tertiary/aromatic N) is 15. The van der Waals surface area contributed by atoms with E-state index in [1.807, 2.05) is 13.0 Å². The summed E-state index contributed by atoms with van der Waals surface area (Å²) in [6.45, 7) is 22.6. The number of rotatable bonds is 27. The van der Waals surface area contributed by atoms with E-state index in [2.05, 4.69) is 180 Å². The van der Waals surface area contributed by atoms with Gasteiger partial charge in [0.25, 0.3) is 16.7 Å². The van der Waals surface area contributed by atoms with E-state index in [1.54, 1.807) is 66.1 Å². The first-order chi connectivity index (χ1) is 60.2. The van der Waals surface area contributed by atoms with Crippen LogP contribution in [0.15, 0.2) is 50.8 Å². The summed E-state index contributed by atoms with van der Waals surface area (Å²) in [5, 5.41) is 109. The van der Waals surface area contributed by atoms with Crippen LogP contribution in [0.4, 0.5) is 11.9 Å². The molecule has 0 aliphatic carbocycles. The summed E-state index contributed by atoms with van der Waals surface area (Å²) in [7, 11) is 5.15. The lowest BCUT2D eigenvalue weighted by molar-refractivity contribution is -0.0400. The number of imidazole rings is 4. The third-order valence-corrected chi connectivity index (χ3v) is 31.5. The fraction of sp³-hybridized carbons (Fsp3) is 0.622. The van der Waals surface area contributed by atoms with E-state index < -0.39 is 157 Å². The number of hydrogen-bond donors (Lipinski definition) is 16. The largest absolute Gasteiger partial charge is 0.388 e. The van der Waals surface area contributed by atoms with Gasteiger partial charge in [0, 0.05) is 33.1 Å². The molecule has 5 aliphatic rings. The van der Waals surface area contributed by atoms with Crippen molar-refractivity contribution in [3.8, 4) is 0 Å². The number of unbranched alkanes of at least 4 members (excludes halogenated alkanes) is 2. The van der Waals surface area contributed by atoms with Gasteiger partial charge in [0.05, 0.1) is 54.9 Å². The first kappa shape index (κ1) is 103. The van der Waals surface area contributed by atoms with Crippen LogP contribution >= 0.6 is 70.6 Å². The molecule has 5 saturated heterocycles. The van der Waals surface area contributed by atoms with E-state index in [4.69, 9.17) is 48.1 Å². The highest BCUT2D eigenvalue weighted by molar-refractivity contribution is 7.99. The molecule has 0 bridgehead atoms. The quantitative estimate of drug-likeness (QED) is 0.0124. The lowest BCUT2D eigenvalue weighted by atomic mass is 10.1. The number of nitrogens with one attached hydrogen (secondary N) is 6. The molecule has 15 rings (SSSR count). The Balaban J connectivity index is 0.000000156. The molecule has 0 aromatic carbocycles. The van der Waals surface area contributed by atoms with Gasteiger partial charge in [-0.1, -0.05) is 56.0 Å². The van der Waals surface area contributed by atoms with Crippen LogP contribution in [0.25, 0.3) is 55.7 Å². The Labute approximate surface area is 763 Å². The number of hydrogen-bond acceptors (Lipinski definition) is 32. The molecule has 0 spiro atoms. The van der Waals surface area contributed by atoms with Crippen molar-refractivity contribution in [1.29, 1.82) is 0 Å². The SMILES string of the molecule is C=P(C)(C)CC[C@H]1OC(n2c(SCCCCC)nc3c(=O)[nH]c(C)nc32)[C@H](O)[C@@H]1O.C=P(C)(C)CC[C@H]1OC(n2ccc3c(=S)nc(C)[nH]c32)[C@H](O)[C@@H]1O.C=P(C)(C)CC[C@H]1OC(n2cnc3c(=O)[nH]c(N(C)C)nc32)[C@H](O)[C@@H]1O.C=P(C)(C)CC[C@H]1OC(n2cnc3c(=O)[nH]c(NC)nc32)[C@H](O)[C@@H]1O.C=P(C)(C)CC[C@H]1OC(n2cnc3c(=S)nc(C)[nH]c32)[C@H](O)[C@@H]1O. The first-order valence-corrected chi connectivity index (χ1v) is 59.7. The van der Waals surface area contributed by atoms with Crippen LogP contribution in [-0.2, 0) is 23.7 Å². The van der Waals surface area contributed by atoms with Crippen molar-refractivity contribution in [2.75, 3.05) is 135 Å². The fourth-order valence-electron chi connectivity index (χ4n) is 15.4. The van der Waals surface area contributed by atoms with E-state index in [-0.39, 0.29) is 44.8 Å². The summed E-state index contributed by atoms with van der Waals surface area (Å²) in [6, 6.07) is 1.85. The molecule has 16 N–H and O–H groups in total. The molecule has 47 heteroatoms. The van der Waals surface area contributed by atoms with Crippen molar-refractivity contribution >= 4 is 170 Å². The zero-order valence-corrected chi connectivity index (χ0v) is 83.2. The Morgan fingerprint density at radius 2 is 0.814 bits per heavy atom. The first-order valence-electron chi connectivity index (χ1n) is 42.6. The number of aromatic nitrogens is 19. The maximum Gasteiger partial charge on any atom is 0.280 e. The summed E-state index contributed by atoms with van der Waals surface area (Å²) in [6.07, 6.45) is 21.3. The van der Waals surface area contributed by atoms with Crippen LogP contribution in [0, 0.1) is 30.1 Å². The molecular formula is C82H130N21O18P5S3. The molecule has 714 valence electrons. The van der Waals surface area contributed by atoms with E-state index in [0.717, 1.165) is 66.9 Å². The number of thioether (sulfide) groups is 1. The predicted molar refractivity (Wildman–Crippen MR) is 527 cm³/mol. The Morgan fingerprint density at radius 3 is 1.25 bits per heavy atom. The highest BCUT2D eigenvalue weighted by Crippen LogP contribution is 2.46. The molecule has 10 aromatic rings. The highest BCUT2D eigenvalue weighted by Gasteiger charge is 2.50. The van der Waals surface area contributed by atoms with Gasteiger partial charge < -0.3 is 104 Å². The van der Waals surface area contributed by atoms with Crippen LogP contribution in [-0.4, -0.2) is 391 Å². The molecule has 0 radical (unpaired) electrons. The van der Waals surface area contributed by atoms with Gasteiger partial charge in [-0.05, 0) is 163 Å². The Hall–Kier alpha value is -6.49. The molecule has 0 amide bonds. The minimum atomic E-state index is -1.28. The van der Waals surface area contributed by atoms with Gasteiger partial charge in [0.1, 0.15) is 100.0 Å². The smallest absolute Gasteiger partial charge is 0.280 e. The zero-order valence-electron chi connectivity index (χ0n) is 76.3. The Kier molecular flexibility index (Phi) is 33.7. The number of H-pyrrole nitrogens is 5. The normalized spacial score (nSPS) is 26.7. The van der Waals surface area contributed by atoms with Gasteiger partial charge in [-0.15, -0.1) is 65.9 Å². The van der Waals surface area contributed by atoms with Crippen molar-refractivity contribution in [3.05, 3.63) is 89.1 Å². The monoisotopic (exact) mass is 1950 g/mol. The van der Waals surface area contributed by atoms with Crippen LogP contribution in [0.5, 0.6) is 0 Å². The lowest BCUT2D eigenvalue weighted by Gasteiger charge is -2.20. The molecule has 5 aliphatic heterocycles. The number of ether oxygens (including phenoxy) is 5. The summed E-state index contributed by atoms with van der Waals surface area (Å²) >= 11 is 12.0. The highest BCUT2D eigenvalue weighted by atomic mass is 32.2. The van der Waals surface area contributed by atoms with Gasteiger partial charge in [-0.25, -0.2) is 34.9 Å². The average molecular weight is 1950 g/mol. The van der Waals surface area contributed by atoms with E-state index in [1.165, 1.54) is 33.6 Å². The van der Waals surface area contributed by atoms with Crippen molar-refractivity contribution in [2.24, 2.45) is 0 Å². The molecule has 20 atom stereocenters. The zero-order chi connectivity index (χ0) is 94.9. The van der Waals surface area contributed by atoms with Gasteiger partial charge in [0.15, 0.2) is 74.4 Å². The summed E-state index contributed by atoms with van der Waals surface area (Å²) in [4.78, 5) is 91.0. The van der Waals surface area contributed by atoms with Crippen LogP contribution in [0.2, 0.25) is 0 Å². The second-order valence-corrected chi connectivity index (χ2v) is 60.7. The topological polar surface area (TPSA) is 535 Å². The molecule has 5 fully saturated rings. The predicted octanol–water partition coefficient (Wildman–Crippen LogP) is 5.85. The summed E-state index contributed by atoms with van der Waals surface area (Å²) in [5.41, 5.74) is 2.35. The average Bonchev–Trinajstić information content (AvgIpc) is 2.43. The molecule has 15 heterocycles. The van der Waals surface area contributed by atoms with Gasteiger partial charge in [0.2, 0.25) is 11.9 Å². The molecule has 0 saturated carbocycles. The van der Waals surface area contributed by atoms with Crippen molar-refractivity contribution in [1.82, 2.24) is 92.6 Å². The number of fused-ring (bicyclic) bond motifs is 5. The van der Waals surface area contributed by atoms with Gasteiger partial charge in [-0.3, -0.25) is 42.6 Å². The van der Waals surface area contributed by atoms with Gasteiger partial charge in [-0.2, -0.15) is 9.97 Å². The minimum Gasteiger partial charge on any atom is -0.388 e. The molecule has 39 nitrogen and oxygen atoms in total. The lowest BCUT2D eigenvalue weighted by Crippen LogP contribution is -2.32. The second kappa shape index (κ2) is 42.2. The summed E-state index contributed by atoms with van der Waals surface area (Å²) < 4.78 is 38.9. The van der Waals surface area contributed by atoms with Crippen molar-refractivity contribution < 1.29 is 74.7 Å². The molecule has 129 heavy (non-hydrogen) atoms. The number of aryl methyl sites for hydroxylation is 3. The van der Waals surface area contributed by atoms with Crippen LogP contribution < -0.4 is 26.9 Å². The van der Waals surface area contributed by atoms with E-state index >= 15 is 0 Å². The fourth-order valence-corrected chi connectivity index (χ4v) is 21.8. The van der Waals surface area contributed by atoms with Crippen molar-refractivity contribution in [2.45, 2.75) is 207 Å². The maximum absolute atomic E-state index is 12.4. The van der Waals surface area contributed by atoms with E-state index in [0.29, 0.717) is 92.4 Å². The Bertz CT molecular complexity index is 6040. The standard InChI is InChI=1S/C20H33N4O4PS.C16H26N5O4P.C16H24N3O3PS.C15H24N5O4P.C15H23N4O3PS/c1-6-7-8-11-30-20-23-14-17(21-12(2)22-18(14)27)24(20)19-16(26)15(25)13(28-19)9-10-29(3,4)5;1-20(2)16-18-13-10(14(24)19-16)17-8-21(13)15-12(23)11(22)9(25-15)6-7-26(3,4)5;1-9-17-14-10(15(24)18-9)5-7-19(14)16-13(21)12(20)11(22-16)6-8-23(2,3)4;1-16-15-18-12-9(13(23)19-15)17-7-20(12)14-11(22)10(21)8(24-14)5-6-25(2,3)4;1-8-17-13-10(14(24)18-8)16-7-19(13)15-12(21)11(20)9(22-15)5-6-23(2,3)4/h13,15-16,19,25-26H,3,6-11H2,1-2,4-5H3,(H,21,22,27);8-9,11-12,15,22-23H,3,6-7H2,1-2,4-5H3,(H,18,19,24);5,7,11-13,16,20-21H,2,6,8H2,1,3-4H3,(H,17,18,24);7-8,10-11,14,21-22H,2,5-6H2,1,3-4H3,(H2,16,18,19,23);7,9,11-12,15,20-21H,2,5-6H2,1,3-4H3,(H,17,18,24)/t13-,15-,16-,19?;9-,11-,12-,15?;11-,12-,13-,16?;8-,10-,11-,14?;9-,11-,12-,15?/m11111/s1. The van der Waals surface area contributed by atoms with Crippen LogP contribution in [0.1, 0.15) is 107 Å². The summed E-state index contributed by atoms with van der Waals surface area (Å²) in [5.74, 6) is 3.31. The Morgan fingerprint density at radius 1 is 0.442 bits per heavy atom. The molecule has 10 aromatic heterocycles. The second-order valence-electron chi connectivity index (χ2n) is 37.3. The third-order valence-electron chi connectivity index (χ3n) is 22.5. The van der Waals surface area contributed by atoms with Crippen LogP contribution in [0.3, 0.4) is 0 Å². The van der Waals surface area contributed by atoms with Gasteiger partial charge >= 0.3 is 0 Å². The maximum atomic E-state index is 12.4. The molecular weight excluding hydrogens is 1820 g/mol. The van der Waals surface area contributed by atoms with Crippen molar-refractivity contribution in [3.63, 3.8) is 0 Å². The van der Waals surface area contributed by atoms with E-state index in [9.17, 15) is 65.4 Å². The minimum absolute atomic E-state index is 0.151. The molecule has 5 unspecified atom stereocenters. The number of anilines is 2. The number of aromatic amines is 5.